The maximum atomic E-state index is 10.5. The van der Waals surface area contributed by atoms with E-state index in [1.807, 2.05) is 28.6 Å². The van der Waals surface area contributed by atoms with E-state index in [4.69, 9.17) is 34.8 Å². The zero-order valence-corrected chi connectivity index (χ0v) is 16.9. The molecule has 2 aromatic rings. The molecule has 0 heterocycles. The van der Waals surface area contributed by atoms with Crippen LogP contribution >= 0.6 is 46.8 Å². The molecule has 0 aliphatic carbocycles. The molecule has 0 amide bonds. The second-order valence-electron chi connectivity index (χ2n) is 5.01. The van der Waals surface area contributed by atoms with Crippen LogP contribution in [0.3, 0.4) is 0 Å². The van der Waals surface area contributed by atoms with Gasteiger partial charge in [0.05, 0.1) is 10.7 Å². The average molecular weight is 432 g/mol. The molecular weight excluding hydrogens is 415 g/mol. The summed E-state index contributed by atoms with van der Waals surface area (Å²) in [6.07, 6.45) is 9.17. The molecule has 0 aliphatic rings. The van der Waals surface area contributed by atoms with Crippen molar-refractivity contribution in [2.45, 2.75) is 17.7 Å². The van der Waals surface area contributed by atoms with Crippen molar-refractivity contribution in [1.29, 1.82) is 0 Å². The number of hydrogen-bond acceptors (Lipinski definition) is 4. The summed E-state index contributed by atoms with van der Waals surface area (Å²) in [6.45, 7) is 0.573. The molecule has 0 saturated heterocycles. The van der Waals surface area contributed by atoms with Crippen LogP contribution in [0.25, 0.3) is 0 Å². The highest BCUT2D eigenvalue weighted by Gasteiger charge is 2.14. The van der Waals surface area contributed by atoms with E-state index < -0.39 is 0 Å². The van der Waals surface area contributed by atoms with Crippen LogP contribution in [0.2, 0.25) is 15.1 Å². The van der Waals surface area contributed by atoms with E-state index in [0.717, 1.165) is 10.6 Å². The quantitative estimate of drug-likeness (QED) is 0.158. The second kappa shape index (κ2) is 11.9. The van der Waals surface area contributed by atoms with Crippen LogP contribution in [0.5, 0.6) is 0 Å². The lowest BCUT2D eigenvalue weighted by molar-refractivity contribution is -0.480. The Labute approximate surface area is 172 Å². The maximum absolute atomic E-state index is 10.5. The van der Waals surface area contributed by atoms with Gasteiger partial charge in [-0.3, -0.25) is 10.1 Å². The highest BCUT2D eigenvalue weighted by molar-refractivity contribution is 8.00. The molecule has 0 atom stereocenters. The van der Waals surface area contributed by atoms with Crippen LogP contribution < -0.4 is 4.31 Å². The summed E-state index contributed by atoms with van der Waals surface area (Å²) in [5.41, 5.74) is 0.783. The number of nitrogens with zero attached hydrogens (tertiary/aromatic N) is 2. The maximum Gasteiger partial charge on any atom is 0.203 e. The zero-order chi connectivity index (χ0) is 19.5. The van der Waals surface area contributed by atoms with E-state index in [-0.39, 0.29) is 11.5 Å². The minimum Gasteiger partial charge on any atom is -0.311 e. The Hall–Kier alpha value is -1.58. The molecular formula is C18H17Cl3N2O2S. The molecule has 2 rings (SSSR count). The van der Waals surface area contributed by atoms with Gasteiger partial charge in [-0.1, -0.05) is 34.8 Å². The first-order valence-corrected chi connectivity index (χ1v) is 9.47. The van der Waals surface area contributed by atoms with E-state index in [1.54, 1.807) is 18.2 Å². The smallest absolute Gasteiger partial charge is 0.203 e. The van der Waals surface area contributed by atoms with Crippen molar-refractivity contribution in [3.63, 3.8) is 0 Å². The number of anilines is 1. The van der Waals surface area contributed by atoms with Gasteiger partial charge < -0.3 is 4.31 Å². The molecule has 0 fully saturated rings. The molecule has 0 aliphatic heterocycles. The Bertz CT molecular complexity index is 739. The number of unbranched alkanes of at least 4 members (excludes halogenated alkanes) is 1. The van der Waals surface area contributed by atoms with Gasteiger partial charge in [-0.25, -0.2) is 0 Å². The number of hydrogen-bond donors (Lipinski definition) is 0. The predicted octanol–water partition coefficient (Wildman–Crippen LogP) is 6.47. The molecule has 0 bridgehead atoms. The summed E-state index contributed by atoms with van der Waals surface area (Å²) >= 11 is 19.8. The molecule has 0 unspecified atom stereocenters. The second-order valence-corrected chi connectivity index (χ2v) is 7.38. The molecule has 2 aromatic carbocycles. The first-order chi connectivity index (χ1) is 12.5. The van der Waals surface area contributed by atoms with Crippen LogP contribution in [0.1, 0.15) is 12.8 Å². The summed E-state index contributed by atoms with van der Waals surface area (Å²) in [5.74, 6) is 0. The lowest BCUT2D eigenvalue weighted by Gasteiger charge is -2.24. The van der Waals surface area contributed by atoms with Crippen LogP contribution in [0.4, 0.5) is 5.69 Å². The number of nitro groups is 1. The minimum absolute atomic E-state index is 0.0390. The Balaban J connectivity index is 0.00000163. The molecule has 26 heavy (non-hydrogen) atoms. The van der Waals surface area contributed by atoms with Crippen molar-refractivity contribution in [3.05, 3.63) is 67.6 Å². The van der Waals surface area contributed by atoms with Gasteiger partial charge in [0, 0.05) is 32.8 Å². The van der Waals surface area contributed by atoms with Gasteiger partial charge >= 0.3 is 0 Å². The fourth-order valence-corrected chi connectivity index (χ4v) is 3.56. The van der Waals surface area contributed by atoms with Crippen LogP contribution in [0, 0.1) is 23.0 Å². The Morgan fingerprint density at radius 2 is 1.62 bits per heavy atom. The monoisotopic (exact) mass is 430 g/mol. The summed E-state index contributed by atoms with van der Waals surface area (Å²) in [6, 6.07) is 12.7. The number of halogens is 3. The predicted molar refractivity (Wildman–Crippen MR) is 112 cm³/mol. The topological polar surface area (TPSA) is 46.4 Å². The lowest BCUT2D eigenvalue weighted by Crippen LogP contribution is -2.17. The van der Waals surface area contributed by atoms with E-state index >= 15 is 0 Å². The van der Waals surface area contributed by atoms with Gasteiger partial charge in [-0.2, -0.15) is 0 Å². The largest absolute Gasteiger partial charge is 0.311 e. The minimum atomic E-state index is -0.303. The summed E-state index contributed by atoms with van der Waals surface area (Å²) in [5, 5.41) is 12.3. The van der Waals surface area contributed by atoms with Crippen LogP contribution in [-0.4, -0.2) is 18.0 Å². The molecule has 8 heteroatoms. The van der Waals surface area contributed by atoms with Crippen LogP contribution in [0.15, 0.2) is 47.4 Å². The van der Waals surface area contributed by atoms with Crippen molar-refractivity contribution in [2.24, 2.45) is 0 Å². The first-order valence-electron chi connectivity index (χ1n) is 7.57. The van der Waals surface area contributed by atoms with Gasteiger partial charge in [0.15, 0.2) is 0 Å². The molecule has 0 radical (unpaired) electrons. The van der Waals surface area contributed by atoms with Crippen molar-refractivity contribution in [2.75, 3.05) is 17.4 Å². The average Bonchev–Trinajstić information content (AvgIpc) is 2.63. The van der Waals surface area contributed by atoms with Crippen LogP contribution in [-0.2, 0) is 0 Å². The molecule has 0 saturated carbocycles. The van der Waals surface area contributed by atoms with Gasteiger partial charge in [0.2, 0.25) is 6.54 Å². The third kappa shape index (κ3) is 7.76. The first kappa shape index (κ1) is 22.5. The summed E-state index contributed by atoms with van der Waals surface area (Å²) in [7, 11) is 0. The van der Waals surface area contributed by atoms with Crippen molar-refractivity contribution < 1.29 is 4.92 Å². The van der Waals surface area contributed by atoms with Crippen molar-refractivity contribution in [3.8, 4) is 12.8 Å². The SMILES string of the molecule is C#C.O=[N+]([O-])CCCCN(Sc1ccc(Cl)cc1)c1cc(Cl)ccc1Cl. The zero-order valence-electron chi connectivity index (χ0n) is 13.8. The fourth-order valence-electron chi connectivity index (χ4n) is 2.01. The normalized spacial score (nSPS) is 9.88. The highest BCUT2D eigenvalue weighted by Crippen LogP contribution is 2.36. The molecule has 0 spiro atoms. The van der Waals surface area contributed by atoms with Gasteiger partial charge in [-0.15, -0.1) is 12.8 Å². The summed E-state index contributed by atoms with van der Waals surface area (Å²) < 4.78 is 2.00. The Morgan fingerprint density at radius 3 is 2.23 bits per heavy atom. The Morgan fingerprint density at radius 1 is 1.00 bits per heavy atom. The lowest BCUT2D eigenvalue weighted by atomic mass is 10.2. The van der Waals surface area contributed by atoms with E-state index in [2.05, 4.69) is 12.8 Å². The van der Waals surface area contributed by atoms with Gasteiger partial charge in [0.25, 0.3) is 0 Å². The molecule has 138 valence electrons. The summed E-state index contributed by atoms with van der Waals surface area (Å²) in [4.78, 5) is 11.2. The van der Waals surface area contributed by atoms with E-state index in [1.165, 1.54) is 11.9 Å². The highest BCUT2D eigenvalue weighted by atomic mass is 35.5. The Kier molecular flexibility index (Phi) is 10.3. The number of benzene rings is 2. The fraction of sp³-hybridized carbons (Fsp3) is 0.222. The van der Waals surface area contributed by atoms with E-state index in [0.29, 0.717) is 34.5 Å². The number of rotatable bonds is 8. The third-order valence-corrected chi connectivity index (χ3v) is 5.05. The standard InChI is InChI=1S/C16H15Cl3N2O2S.C2H2/c17-12-3-6-14(7-4-12)24-20(9-1-2-10-21(22)23)16-11-13(18)5-8-15(16)19;1-2/h3-8,11H,1-2,9-10H2;1-2H. The van der Waals surface area contributed by atoms with E-state index in [9.17, 15) is 10.1 Å². The number of terminal acetylenes is 1. The molecule has 0 aromatic heterocycles. The van der Waals surface area contributed by atoms with Crippen molar-refractivity contribution in [1.82, 2.24) is 0 Å². The van der Waals surface area contributed by atoms with Crippen molar-refractivity contribution >= 4 is 52.4 Å². The molecule has 4 nitrogen and oxygen atoms in total. The third-order valence-electron chi connectivity index (χ3n) is 3.16. The van der Waals surface area contributed by atoms with Gasteiger partial charge in [-0.05, 0) is 60.8 Å². The van der Waals surface area contributed by atoms with Gasteiger partial charge in [0.1, 0.15) is 0 Å². The molecule has 0 N–H and O–H groups in total.